The van der Waals surface area contributed by atoms with E-state index >= 15 is 0 Å². The highest BCUT2D eigenvalue weighted by Crippen LogP contribution is 2.48. The molecule has 64 heavy (non-hydrogen) atoms. The van der Waals surface area contributed by atoms with E-state index in [9.17, 15) is 14.4 Å². The maximum Gasteiger partial charge on any atom is 0.255 e. The summed E-state index contributed by atoms with van der Waals surface area (Å²) < 4.78 is 29.0. The Hall–Kier alpha value is -6.35. The number of ether oxygens (including phenoxy) is 5. The number of likely N-dealkylation sites (tertiary alicyclic amines) is 1. The minimum absolute atomic E-state index is 0.0211. The smallest absolute Gasteiger partial charge is 0.255 e. The van der Waals surface area contributed by atoms with Crippen molar-refractivity contribution < 1.29 is 38.1 Å². The van der Waals surface area contributed by atoms with E-state index in [1.807, 2.05) is 48.5 Å². The molecule has 3 aliphatic heterocycles. The van der Waals surface area contributed by atoms with Gasteiger partial charge in [-0.1, -0.05) is 42.6 Å². The standard InChI is InChI=1S/C48H50ClN7O8/c1-60-36-14-13-29(22-39(36)61-2)41-31-8-4-5-9-32(31)47(58)56(54-41)30-17-19-55(20-18-30)48(59)35(21-28-7-3-6-10-34(28)49)53-46(57)33-23-50-44-42(33)51-25-52-43(44)40-37(62-24-27-11-12-27)15-16-38-45(40)64-26-63-38/h3,6-7,10,13-16,22-23,25,27,30-32,35,50H,4-5,8-9,11-12,17-21,24,26H2,1-2H3,(H,53,57)/t31-,32+,35-/m0/s1. The maximum atomic E-state index is 14.6. The fourth-order valence-electron chi connectivity index (χ4n) is 9.66. The Morgan fingerprint density at radius 1 is 0.922 bits per heavy atom. The molecule has 10 rings (SSSR count). The topological polar surface area (TPSA) is 170 Å². The average Bonchev–Trinajstić information content (AvgIpc) is 3.85. The lowest BCUT2D eigenvalue weighted by atomic mass is 9.73. The van der Waals surface area contributed by atoms with Gasteiger partial charge in [0, 0.05) is 48.1 Å². The van der Waals surface area contributed by atoms with Crippen molar-refractivity contribution in [2.45, 2.75) is 69.9 Å². The number of piperidine rings is 1. The molecule has 2 saturated carbocycles. The van der Waals surface area contributed by atoms with E-state index in [1.165, 1.54) is 6.33 Å². The third-order valence-electron chi connectivity index (χ3n) is 13.3. The van der Waals surface area contributed by atoms with Gasteiger partial charge in [0.05, 0.1) is 49.2 Å². The molecule has 0 unspecified atom stereocenters. The molecule has 332 valence electrons. The molecule has 5 aliphatic rings. The SMILES string of the molecule is COc1ccc(C2=NN(C3CCN(C(=O)[C@H](Cc4ccccc4Cl)NC(=O)c4c[nH]c5c(-c6c(OCC7CC7)ccc7c6OCO7)ncnc45)CC3)C(=O)[C@@H]3CCCC[C@H]23)cc1OC. The molecule has 0 radical (unpaired) electrons. The summed E-state index contributed by atoms with van der Waals surface area (Å²) in [5, 5.41) is 10.3. The summed E-state index contributed by atoms with van der Waals surface area (Å²) in [6.45, 7) is 1.38. The summed E-state index contributed by atoms with van der Waals surface area (Å²) in [6.07, 6.45) is 10.2. The van der Waals surface area contributed by atoms with Crippen LogP contribution >= 0.6 is 11.6 Å². The number of hydrogen-bond donors (Lipinski definition) is 2. The second-order valence-electron chi connectivity index (χ2n) is 17.2. The number of nitrogens with zero attached hydrogens (tertiary/aromatic N) is 5. The number of aromatic nitrogens is 3. The van der Waals surface area contributed by atoms with Crippen LogP contribution in [0, 0.1) is 17.8 Å². The van der Waals surface area contributed by atoms with E-state index in [-0.39, 0.29) is 48.5 Å². The van der Waals surface area contributed by atoms with Crippen molar-refractivity contribution in [3.05, 3.63) is 88.8 Å². The predicted octanol–water partition coefficient (Wildman–Crippen LogP) is 7.20. The lowest BCUT2D eigenvalue weighted by Crippen LogP contribution is -2.55. The first-order valence-corrected chi connectivity index (χ1v) is 22.5. The second kappa shape index (κ2) is 17.7. The Bertz CT molecular complexity index is 2640. The van der Waals surface area contributed by atoms with Gasteiger partial charge in [0.25, 0.3) is 5.91 Å². The second-order valence-corrected chi connectivity index (χ2v) is 17.6. The Morgan fingerprint density at radius 2 is 1.70 bits per heavy atom. The molecule has 2 aliphatic carbocycles. The number of H-pyrrole nitrogens is 1. The van der Waals surface area contributed by atoms with Gasteiger partial charge >= 0.3 is 0 Å². The van der Waals surface area contributed by atoms with Crippen LogP contribution in [-0.4, -0.2) is 101 Å². The van der Waals surface area contributed by atoms with Gasteiger partial charge in [-0.05, 0) is 86.4 Å². The van der Waals surface area contributed by atoms with E-state index < -0.39 is 11.9 Å². The van der Waals surface area contributed by atoms with Crippen LogP contribution in [0.5, 0.6) is 28.7 Å². The number of hydrogen-bond acceptors (Lipinski definition) is 11. The van der Waals surface area contributed by atoms with Crippen LogP contribution in [0.4, 0.5) is 0 Å². The number of methoxy groups -OCH3 is 2. The van der Waals surface area contributed by atoms with Crippen LogP contribution in [0.1, 0.15) is 72.9 Å². The minimum Gasteiger partial charge on any atom is -0.493 e. The van der Waals surface area contributed by atoms with Gasteiger partial charge in [0.1, 0.15) is 29.3 Å². The number of hydrazone groups is 1. The normalized spacial score (nSPS) is 20.1. The highest BCUT2D eigenvalue weighted by Gasteiger charge is 2.44. The molecule has 2 N–H and O–H groups in total. The van der Waals surface area contributed by atoms with Crippen molar-refractivity contribution in [2.24, 2.45) is 22.9 Å². The summed E-state index contributed by atoms with van der Waals surface area (Å²) in [4.78, 5) is 57.3. The Morgan fingerprint density at radius 3 is 2.48 bits per heavy atom. The molecule has 3 atom stereocenters. The molecule has 3 amide bonds. The quantitative estimate of drug-likeness (QED) is 0.123. The fourth-order valence-corrected chi connectivity index (χ4v) is 9.87. The van der Waals surface area contributed by atoms with Crippen molar-refractivity contribution in [1.29, 1.82) is 0 Å². The summed E-state index contributed by atoms with van der Waals surface area (Å²) in [6, 6.07) is 15.6. The Balaban J connectivity index is 0.897. The van der Waals surface area contributed by atoms with Gasteiger partial charge < -0.3 is 38.9 Å². The van der Waals surface area contributed by atoms with Crippen LogP contribution in [0.3, 0.4) is 0 Å². The number of halogens is 1. The third kappa shape index (κ3) is 7.94. The number of amides is 3. The first-order valence-electron chi connectivity index (χ1n) is 22.1. The molecule has 5 aromatic rings. The summed E-state index contributed by atoms with van der Waals surface area (Å²) in [7, 11) is 3.22. The first-order chi connectivity index (χ1) is 31.3. The van der Waals surface area contributed by atoms with Gasteiger partial charge in [0.15, 0.2) is 23.0 Å². The largest absolute Gasteiger partial charge is 0.493 e. The van der Waals surface area contributed by atoms with Crippen molar-refractivity contribution in [2.75, 3.05) is 40.7 Å². The van der Waals surface area contributed by atoms with Crippen molar-refractivity contribution in [1.82, 2.24) is 30.2 Å². The lowest BCUT2D eigenvalue weighted by Gasteiger charge is -2.43. The highest BCUT2D eigenvalue weighted by molar-refractivity contribution is 6.31. The van der Waals surface area contributed by atoms with Crippen LogP contribution in [0.25, 0.3) is 22.3 Å². The van der Waals surface area contributed by atoms with E-state index in [4.69, 9.17) is 40.4 Å². The van der Waals surface area contributed by atoms with Crippen LogP contribution in [0.15, 0.2) is 72.2 Å². The van der Waals surface area contributed by atoms with Gasteiger partial charge in [-0.25, -0.2) is 15.0 Å². The number of aromatic amines is 1. The molecule has 5 heterocycles. The fraction of sp³-hybridized carbons (Fsp3) is 0.417. The number of carbonyl (C=O) groups excluding carboxylic acids is 3. The van der Waals surface area contributed by atoms with Gasteiger partial charge in [-0.15, -0.1) is 0 Å². The number of rotatable bonds is 13. The Kier molecular flexibility index (Phi) is 11.5. The number of fused-ring (bicyclic) bond motifs is 3. The van der Waals surface area contributed by atoms with Crippen LogP contribution < -0.4 is 29.0 Å². The van der Waals surface area contributed by atoms with E-state index in [2.05, 4.69) is 20.3 Å². The maximum absolute atomic E-state index is 14.6. The van der Waals surface area contributed by atoms with E-state index in [0.717, 1.165) is 55.4 Å². The van der Waals surface area contributed by atoms with Crippen molar-refractivity contribution >= 4 is 46.1 Å². The zero-order valence-electron chi connectivity index (χ0n) is 35.8. The summed E-state index contributed by atoms with van der Waals surface area (Å²) >= 11 is 6.65. The number of benzene rings is 3. The minimum atomic E-state index is -0.963. The summed E-state index contributed by atoms with van der Waals surface area (Å²) in [5.41, 5.74) is 4.74. The zero-order chi connectivity index (χ0) is 43.9. The Labute approximate surface area is 375 Å². The van der Waals surface area contributed by atoms with E-state index in [0.29, 0.717) is 94.5 Å². The predicted molar refractivity (Wildman–Crippen MR) is 238 cm³/mol. The monoisotopic (exact) mass is 887 g/mol. The van der Waals surface area contributed by atoms with E-state index in [1.54, 1.807) is 36.4 Å². The molecule has 1 saturated heterocycles. The highest BCUT2D eigenvalue weighted by atomic mass is 35.5. The lowest BCUT2D eigenvalue weighted by molar-refractivity contribution is -0.143. The number of nitrogens with one attached hydrogen (secondary N) is 2. The van der Waals surface area contributed by atoms with Gasteiger partial charge in [-0.2, -0.15) is 5.10 Å². The molecule has 0 spiro atoms. The number of carbonyl (C=O) groups is 3. The van der Waals surface area contributed by atoms with Gasteiger partial charge in [0.2, 0.25) is 18.6 Å². The molecule has 3 aromatic carbocycles. The van der Waals surface area contributed by atoms with Crippen molar-refractivity contribution in [3.63, 3.8) is 0 Å². The van der Waals surface area contributed by atoms with Crippen LogP contribution in [-0.2, 0) is 16.0 Å². The molecule has 2 aromatic heterocycles. The zero-order valence-corrected chi connectivity index (χ0v) is 36.6. The van der Waals surface area contributed by atoms with Gasteiger partial charge in [-0.3, -0.25) is 14.4 Å². The average molecular weight is 888 g/mol. The molecular weight excluding hydrogens is 838 g/mol. The molecule has 16 heteroatoms. The molecule has 15 nitrogen and oxygen atoms in total. The first kappa shape index (κ1) is 41.6. The van der Waals surface area contributed by atoms with Crippen LogP contribution in [0.2, 0.25) is 5.02 Å². The van der Waals surface area contributed by atoms with Crippen molar-refractivity contribution in [3.8, 4) is 40.0 Å². The summed E-state index contributed by atoms with van der Waals surface area (Å²) in [5.74, 6) is 2.60. The molecule has 3 fully saturated rings. The molecule has 0 bridgehead atoms. The third-order valence-corrected chi connectivity index (χ3v) is 13.6. The molecular formula is C48H50ClN7O8.